The molecule has 1 unspecified atom stereocenters. The molecule has 1 aromatic rings. The summed E-state index contributed by atoms with van der Waals surface area (Å²) in [5.41, 5.74) is 1.57. The van der Waals surface area contributed by atoms with Gasteiger partial charge < -0.3 is 4.90 Å². The maximum absolute atomic E-state index is 11.7. The van der Waals surface area contributed by atoms with Crippen molar-refractivity contribution in [2.45, 2.75) is 19.4 Å². The van der Waals surface area contributed by atoms with Crippen molar-refractivity contribution in [2.24, 2.45) is 5.41 Å². The molecule has 2 fully saturated rings. The number of rotatable bonds is 3. The number of amides is 1. The van der Waals surface area contributed by atoms with Crippen molar-refractivity contribution in [3.05, 3.63) is 42.7 Å². The second-order valence-electron chi connectivity index (χ2n) is 6.04. The number of aromatic nitrogens is 1. The molecule has 2 aliphatic rings. The van der Waals surface area contributed by atoms with Crippen molar-refractivity contribution in [3.8, 4) is 0 Å². The summed E-state index contributed by atoms with van der Waals surface area (Å²) < 4.78 is 0. The number of likely N-dealkylation sites (tertiary alicyclic amines) is 2. The lowest BCUT2D eigenvalue weighted by molar-refractivity contribution is -0.125. The van der Waals surface area contributed by atoms with Crippen LogP contribution in [-0.4, -0.2) is 46.9 Å². The van der Waals surface area contributed by atoms with Gasteiger partial charge in [0, 0.05) is 44.0 Å². The van der Waals surface area contributed by atoms with Gasteiger partial charge in [-0.3, -0.25) is 14.7 Å². The van der Waals surface area contributed by atoms with Gasteiger partial charge in [-0.1, -0.05) is 12.6 Å². The van der Waals surface area contributed by atoms with Crippen molar-refractivity contribution in [2.75, 3.05) is 26.2 Å². The van der Waals surface area contributed by atoms with E-state index in [1.54, 1.807) is 0 Å². The molecule has 0 N–H and O–H groups in total. The molecule has 20 heavy (non-hydrogen) atoms. The molecule has 1 atom stereocenters. The fourth-order valence-electron chi connectivity index (χ4n) is 3.50. The highest BCUT2D eigenvalue weighted by molar-refractivity contribution is 5.87. The second-order valence-corrected chi connectivity index (χ2v) is 6.04. The van der Waals surface area contributed by atoms with Gasteiger partial charge in [-0.05, 0) is 37.1 Å². The predicted octanol–water partition coefficient (Wildman–Crippen LogP) is 1.69. The minimum Gasteiger partial charge on any atom is -0.339 e. The van der Waals surface area contributed by atoms with Crippen LogP contribution in [-0.2, 0) is 11.3 Å². The Kier molecular flexibility index (Phi) is 3.57. The molecule has 2 saturated heterocycles. The zero-order valence-electron chi connectivity index (χ0n) is 11.8. The molecule has 0 aromatic carbocycles. The Morgan fingerprint density at radius 2 is 2.25 bits per heavy atom. The summed E-state index contributed by atoms with van der Waals surface area (Å²) in [5.74, 6) is 0.0765. The van der Waals surface area contributed by atoms with Gasteiger partial charge in [0.05, 0.1) is 0 Å². The third-order valence-electron chi connectivity index (χ3n) is 4.57. The summed E-state index contributed by atoms with van der Waals surface area (Å²) in [5, 5.41) is 0. The topological polar surface area (TPSA) is 36.4 Å². The number of nitrogens with zero attached hydrogens (tertiary/aromatic N) is 3. The summed E-state index contributed by atoms with van der Waals surface area (Å²) in [6.45, 7) is 8.52. The third kappa shape index (κ3) is 2.61. The standard InChI is InChI=1S/C16H21N3O/c1-2-15(20)19-9-6-16(13-19)5-8-18(12-16)11-14-4-3-7-17-10-14/h2-4,7,10H,1,5-6,8-9,11-13H2. The smallest absolute Gasteiger partial charge is 0.245 e. The first-order chi connectivity index (χ1) is 9.71. The predicted molar refractivity (Wildman–Crippen MR) is 78.0 cm³/mol. The molecular formula is C16H21N3O. The van der Waals surface area contributed by atoms with Crippen LogP contribution in [0.5, 0.6) is 0 Å². The van der Waals surface area contributed by atoms with Gasteiger partial charge in [0.2, 0.25) is 5.91 Å². The quantitative estimate of drug-likeness (QED) is 0.785. The molecule has 106 valence electrons. The van der Waals surface area contributed by atoms with Crippen LogP contribution in [0.2, 0.25) is 0 Å². The minimum atomic E-state index is 0.0765. The van der Waals surface area contributed by atoms with E-state index < -0.39 is 0 Å². The van der Waals surface area contributed by atoms with Crippen LogP contribution in [0.25, 0.3) is 0 Å². The average Bonchev–Trinajstić information content (AvgIpc) is 3.07. The summed E-state index contributed by atoms with van der Waals surface area (Å²) in [4.78, 5) is 20.3. The van der Waals surface area contributed by atoms with Crippen molar-refractivity contribution < 1.29 is 4.79 Å². The first-order valence-corrected chi connectivity index (χ1v) is 7.23. The molecule has 1 spiro atoms. The Hall–Kier alpha value is -1.68. The first kappa shape index (κ1) is 13.3. The largest absolute Gasteiger partial charge is 0.339 e. The van der Waals surface area contributed by atoms with E-state index in [0.29, 0.717) is 5.41 Å². The molecule has 1 amide bonds. The zero-order chi connectivity index (χ0) is 14.0. The number of carbonyl (C=O) groups excluding carboxylic acids is 1. The molecule has 3 heterocycles. The van der Waals surface area contributed by atoms with Crippen molar-refractivity contribution in [3.63, 3.8) is 0 Å². The van der Waals surface area contributed by atoms with Crippen LogP contribution in [0.15, 0.2) is 37.2 Å². The molecule has 0 bridgehead atoms. The number of hydrogen-bond donors (Lipinski definition) is 0. The van der Waals surface area contributed by atoms with Crippen molar-refractivity contribution in [1.29, 1.82) is 0 Å². The Morgan fingerprint density at radius 1 is 1.40 bits per heavy atom. The van der Waals surface area contributed by atoms with Gasteiger partial charge in [-0.2, -0.15) is 0 Å². The van der Waals surface area contributed by atoms with E-state index in [2.05, 4.69) is 22.5 Å². The maximum Gasteiger partial charge on any atom is 0.245 e. The van der Waals surface area contributed by atoms with Gasteiger partial charge >= 0.3 is 0 Å². The van der Waals surface area contributed by atoms with Gasteiger partial charge in [0.25, 0.3) is 0 Å². The van der Waals surface area contributed by atoms with E-state index in [1.807, 2.05) is 23.4 Å². The lowest BCUT2D eigenvalue weighted by atomic mass is 9.86. The van der Waals surface area contributed by atoms with Crippen LogP contribution in [0.4, 0.5) is 0 Å². The van der Waals surface area contributed by atoms with E-state index in [0.717, 1.165) is 39.1 Å². The number of carbonyl (C=O) groups is 1. The summed E-state index contributed by atoms with van der Waals surface area (Å²) >= 11 is 0. The van der Waals surface area contributed by atoms with Crippen LogP contribution in [0.1, 0.15) is 18.4 Å². The van der Waals surface area contributed by atoms with Crippen LogP contribution in [0.3, 0.4) is 0 Å². The van der Waals surface area contributed by atoms with Gasteiger partial charge in [0.15, 0.2) is 0 Å². The molecule has 0 radical (unpaired) electrons. The van der Waals surface area contributed by atoms with Crippen LogP contribution in [0, 0.1) is 5.41 Å². The minimum absolute atomic E-state index is 0.0765. The van der Waals surface area contributed by atoms with E-state index in [-0.39, 0.29) is 5.91 Å². The van der Waals surface area contributed by atoms with E-state index in [1.165, 1.54) is 18.1 Å². The molecule has 3 rings (SSSR count). The van der Waals surface area contributed by atoms with Crippen LogP contribution >= 0.6 is 0 Å². The van der Waals surface area contributed by atoms with Crippen LogP contribution < -0.4 is 0 Å². The molecule has 0 saturated carbocycles. The Bertz CT molecular complexity index is 502. The fraction of sp³-hybridized carbons (Fsp3) is 0.500. The highest BCUT2D eigenvalue weighted by Gasteiger charge is 2.44. The molecule has 2 aliphatic heterocycles. The SMILES string of the molecule is C=CC(=O)N1CCC2(CCN(Cc3cccnc3)C2)C1. The van der Waals surface area contributed by atoms with E-state index in [4.69, 9.17) is 0 Å². The fourth-order valence-corrected chi connectivity index (χ4v) is 3.50. The van der Waals surface area contributed by atoms with Gasteiger partial charge in [0.1, 0.15) is 0 Å². The number of hydrogen-bond acceptors (Lipinski definition) is 3. The third-order valence-corrected chi connectivity index (χ3v) is 4.57. The van der Waals surface area contributed by atoms with Crippen molar-refractivity contribution in [1.82, 2.24) is 14.8 Å². The number of pyridine rings is 1. The maximum atomic E-state index is 11.7. The summed E-state index contributed by atoms with van der Waals surface area (Å²) in [6.07, 6.45) is 7.49. The van der Waals surface area contributed by atoms with E-state index in [9.17, 15) is 4.79 Å². The zero-order valence-corrected chi connectivity index (χ0v) is 11.8. The lowest BCUT2D eigenvalue weighted by Crippen LogP contribution is -2.33. The highest BCUT2D eigenvalue weighted by Crippen LogP contribution is 2.39. The Labute approximate surface area is 120 Å². The normalized spacial score (nSPS) is 26.3. The summed E-state index contributed by atoms with van der Waals surface area (Å²) in [6, 6.07) is 4.11. The van der Waals surface area contributed by atoms with E-state index >= 15 is 0 Å². The average molecular weight is 271 g/mol. The van der Waals surface area contributed by atoms with Crippen molar-refractivity contribution >= 4 is 5.91 Å². The molecule has 4 nitrogen and oxygen atoms in total. The van der Waals surface area contributed by atoms with Gasteiger partial charge in [-0.15, -0.1) is 0 Å². The lowest BCUT2D eigenvalue weighted by Gasteiger charge is -2.24. The molecule has 0 aliphatic carbocycles. The second kappa shape index (κ2) is 5.37. The molecule has 4 heteroatoms. The Balaban J connectivity index is 1.60. The highest BCUT2D eigenvalue weighted by atomic mass is 16.2. The Morgan fingerprint density at radius 3 is 3.00 bits per heavy atom. The first-order valence-electron chi connectivity index (χ1n) is 7.23. The molecular weight excluding hydrogens is 250 g/mol. The summed E-state index contributed by atoms with van der Waals surface area (Å²) in [7, 11) is 0. The molecule has 1 aromatic heterocycles. The van der Waals surface area contributed by atoms with Gasteiger partial charge in [-0.25, -0.2) is 0 Å². The monoisotopic (exact) mass is 271 g/mol.